The molecule has 0 spiro atoms. The SMILES string of the molecule is C=C(N)Cn1cc(CN(CCN)CCN)nn1. The average Bonchev–Trinajstić information content (AvgIpc) is 2.65. The Morgan fingerprint density at radius 3 is 2.53 bits per heavy atom. The lowest BCUT2D eigenvalue weighted by molar-refractivity contribution is 0.277. The molecule has 7 heteroatoms. The summed E-state index contributed by atoms with van der Waals surface area (Å²) in [6.45, 7) is 7.62. The normalized spacial score (nSPS) is 11.0. The van der Waals surface area contributed by atoms with Gasteiger partial charge in [-0.1, -0.05) is 11.8 Å². The Bertz CT molecular complexity index is 340. The maximum atomic E-state index is 5.53. The standard InChI is InChI=1S/C10H21N7/c1-9(13)6-17-8-10(14-15-17)7-16(4-2-11)5-3-12/h8H,1-7,11-13H2. The molecule has 1 aromatic rings. The molecule has 0 aliphatic rings. The van der Waals surface area contributed by atoms with Gasteiger partial charge in [-0.3, -0.25) is 4.90 Å². The summed E-state index contributed by atoms with van der Waals surface area (Å²) in [6.07, 6.45) is 1.86. The number of hydrogen-bond acceptors (Lipinski definition) is 6. The van der Waals surface area contributed by atoms with Crippen molar-refractivity contribution in [1.82, 2.24) is 19.9 Å². The monoisotopic (exact) mass is 239 g/mol. The van der Waals surface area contributed by atoms with E-state index in [1.54, 1.807) is 4.68 Å². The second-order valence-electron chi connectivity index (χ2n) is 3.92. The fraction of sp³-hybridized carbons (Fsp3) is 0.600. The zero-order valence-corrected chi connectivity index (χ0v) is 10.0. The van der Waals surface area contributed by atoms with Crippen LogP contribution in [0.2, 0.25) is 0 Å². The number of nitrogens with two attached hydrogens (primary N) is 3. The quantitative estimate of drug-likeness (QED) is 0.507. The molecule has 0 aromatic carbocycles. The third kappa shape index (κ3) is 4.94. The molecule has 1 aromatic heterocycles. The van der Waals surface area contributed by atoms with Crippen molar-refractivity contribution in [2.75, 3.05) is 26.2 Å². The van der Waals surface area contributed by atoms with Crippen LogP contribution in [0.25, 0.3) is 0 Å². The zero-order chi connectivity index (χ0) is 12.7. The van der Waals surface area contributed by atoms with Crippen molar-refractivity contribution in [1.29, 1.82) is 0 Å². The Morgan fingerprint density at radius 2 is 2.00 bits per heavy atom. The smallest absolute Gasteiger partial charge is 0.0967 e. The molecule has 0 saturated heterocycles. The van der Waals surface area contributed by atoms with Crippen molar-refractivity contribution in [3.63, 3.8) is 0 Å². The number of hydrogen-bond donors (Lipinski definition) is 3. The summed E-state index contributed by atoms with van der Waals surface area (Å²) in [7, 11) is 0. The van der Waals surface area contributed by atoms with Gasteiger partial charge in [0.2, 0.25) is 0 Å². The minimum atomic E-state index is 0.487. The van der Waals surface area contributed by atoms with E-state index in [1.165, 1.54) is 0 Å². The molecule has 7 nitrogen and oxygen atoms in total. The van der Waals surface area contributed by atoms with Gasteiger partial charge < -0.3 is 17.2 Å². The number of nitrogens with zero attached hydrogens (tertiary/aromatic N) is 4. The summed E-state index contributed by atoms with van der Waals surface area (Å²) in [5.74, 6) is 0. The molecule has 0 aliphatic carbocycles. The van der Waals surface area contributed by atoms with Crippen LogP contribution in [-0.4, -0.2) is 46.1 Å². The third-order valence-corrected chi connectivity index (χ3v) is 2.23. The van der Waals surface area contributed by atoms with Crippen LogP contribution in [0, 0.1) is 0 Å². The topological polar surface area (TPSA) is 112 Å². The Balaban J connectivity index is 2.53. The largest absolute Gasteiger partial charge is 0.401 e. The Morgan fingerprint density at radius 1 is 1.35 bits per heavy atom. The molecule has 1 heterocycles. The van der Waals surface area contributed by atoms with E-state index < -0.39 is 0 Å². The van der Waals surface area contributed by atoms with Crippen molar-refractivity contribution in [2.24, 2.45) is 17.2 Å². The molecular weight excluding hydrogens is 218 g/mol. The van der Waals surface area contributed by atoms with E-state index in [4.69, 9.17) is 17.2 Å². The molecule has 0 atom stereocenters. The van der Waals surface area contributed by atoms with Crippen molar-refractivity contribution >= 4 is 0 Å². The van der Waals surface area contributed by atoms with Crippen LogP contribution in [0.4, 0.5) is 0 Å². The molecule has 0 aliphatic heterocycles. The minimum absolute atomic E-state index is 0.487. The van der Waals surface area contributed by atoms with Crippen LogP contribution in [-0.2, 0) is 13.1 Å². The van der Waals surface area contributed by atoms with E-state index in [2.05, 4.69) is 21.8 Å². The second-order valence-corrected chi connectivity index (χ2v) is 3.92. The van der Waals surface area contributed by atoms with Gasteiger partial charge in [0.15, 0.2) is 0 Å². The first-order chi connectivity index (χ1) is 8.15. The number of allylic oxidation sites excluding steroid dienone is 1. The summed E-state index contributed by atoms with van der Waals surface area (Å²) in [5, 5.41) is 8.03. The summed E-state index contributed by atoms with van der Waals surface area (Å²) >= 11 is 0. The fourth-order valence-electron chi connectivity index (χ4n) is 1.56. The summed E-state index contributed by atoms with van der Waals surface area (Å²) in [5.41, 5.74) is 18.0. The summed E-state index contributed by atoms with van der Waals surface area (Å²) in [4.78, 5) is 2.14. The molecule has 0 unspecified atom stereocenters. The molecule has 0 saturated carbocycles. The highest BCUT2D eigenvalue weighted by Gasteiger charge is 2.07. The van der Waals surface area contributed by atoms with Gasteiger partial charge in [0.1, 0.15) is 0 Å². The van der Waals surface area contributed by atoms with Gasteiger partial charge in [0, 0.05) is 38.4 Å². The Kier molecular flexibility index (Phi) is 5.61. The van der Waals surface area contributed by atoms with E-state index >= 15 is 0 Å². The molecule has 96 valence electrons. The van der Waals surface area contributed by atoms with Crippen LogP contribution in [0.3, 0.4) is 0 Å². The van der Waals surface area contributed by atoms with Crippen LogP contribution in [0.1, 0.15) is 5.69 Å². The summed E-state index contributed by atoms with van der Waals surface area (Å²) < 4.78 is 1.67. The highest BCUT2D eigenvalue weighted by Crippen LogP contribution is 2.00. The predicted octanol–water partition coefficient (Wildman–Crippen LogP) is -1.53. The van der Waals surface area contributed by atoms with Gasteiger partial charge in [-0.2, -0.15) is 0 Å². The van der Waals surface area contributed by atoms with Crippen molar-refractivity contribution in [3.8, 4) is 0 Å². The van der Waals surface area contributed by atoms with Gasteiger partial charge in [-0.15, -0.1) is 5.10 Å². The lowest BCUT2D eigenvalue weighted by Gasteiger charge is -2.18. The zero-order valence-electron chi connectivity index (χ0n) is 10.0. The van der Waals surface area contributed by atoms with E-state index in [0.29, 0.717) is 31.9 Å². The average molecular weight is 239 g/mol. The van der Waals surface area contributed by atoms with E-state index in [0.717, 1.165) is 18.8 Å². The van der Waals surface area contributed by atoms with Gasteiger partial charge in [0.25, 0.3) is 0 Å². The molecule has 0 fully saturated rings. The Labute approximate surface area is 101 Å². The highest BCUT2D eigenvalue weighted by molar-refractivity contribution is 4.95. The molecule has 0 amide bonds. The van der Waals surface area contributed by atoms with Crippen LogP contribution >= 0.6 is 0 Å². The van der Waals surface area contributed by atoms with Crippen LogP contribution in [0.5, 0.6) is 0 Å². The van der Waals surface area contributed by atoms with Crippen molar-refractivity contribution in [3.05, 3.63) is 24.2 Å². The molecule has 1 rings (SSSR count). The van der Waals surface area contributed by atoms with E-state index in [-0.39, 0.29) is 0 Å². The first-order valence-electron chi connectivity index (χ1n) is 5.60. The minimum Gasteiger partial charge on any atom is -0.401 e. The van der Waals surface area contributed by atoms with Crippen molar-refractivity contribution < 1.29 is 0 Å². The summed E-state index contributed by atoms with van der Waals surface area (Å²) in [6, 6.07) is 0. The van der Waals surface area contributed by atoms with Gasteiger partial charge >= 0.3 is 0 Å². The van der Waals surface area contributed by atoms with Gasteiger partial charge in [-0.05, 0) is 0 Å². The molecule has 0 radical (unpaired) electrons. The number of rotatable bonds is 8. The van der Waals surface area contributed by atoms with Gasteiger partial charge in [0.05, 0.1) is 18.4 Å². The lowest BCUT2D eigenvalue weighted by Crippen LogP contribution is -2.33. The van der Waals surface area contributed by atoms with Crippen LogP contribution < -0.4 is 17.2 Å². The second kappa shape index (κ2) is 7.00. The Hall–Kier alpha value is -1.44. The molecule has 0 bridgehead atoms. The van der Waals surface area contributed by atoms with Gasteiger partial charge in [-0.25, -0.2) is 4.68 Å². The third-order valence-electron chi connectivity index (χ3n) is 2.23. The maximum Gasteiger partial charge on any atom is 0.0967 e. The van der Waals surface area contributed by atoms with E-state index in [1.807, 2.05) is 6.20 Å². The fourth-order valence-corrected chi connectivity index (χ4v) is 1.56. The molecule has 6 N–H and O–H groups in total. The highest BCUT2D eigenvalue weighted by atomic mass is 15.4. The van der Waals surface area contributed by atoms with Crippen molar-refractivity contribution in [2.45, 2.75) is 13.1 Å². The maximum absolute atomic E-state index is 5.53. The predicted molar refractivity (Wildman–Crippen MR) is 66.7 cm³/mol. The lowest BCUT2D eigenvalue weighted by atomic mass is 10.4. The first kappa shape index (κ1) is 13.6. The van der Waals surface area contributed by atoms with E-state index in [9.17, 15) is 0 Å². The molecule has 17 heavy (non-hydrogen) atoms. The van der Waals surface area contributed by atoms with Crippen LogP contribution in [0.15, 0.2) is 18.5 Å². The molecular formula is C10H21N7. The number of aromatic nitrogens is 3. The first-order valence-corrected chi connectivity index (χ1v) is 5.60.